The van der Waals surface area contributed by atoms with E-state index >= 15 is 0 Å². The standard InChI is InChI=1S/C22H29N5/c1-13-3-4-14(2)18(5-13)26-20-19(23)21(25-12-24-20)27-22-9-15-6-16(10-22)8-17(7-15)11-22/h3-5,12,15-17H,6-11,23H2,1-2H3,(H2,24,25,26,27). The van der Waals surface area contributed by atoms with Crippen LogP contribution in [0.25, 0.3) is 0 Å². The zero-order valence-electron chi connectivity index (χ0n) is 16.3. The van der Waals surface area contributed by atoms with Gasteiger partial charge in [0.1, 0.15) is 12.0 Å². The van der Waals surface area contributed by atoms with Crippen molar-refractivity contribution >= 4 is 23.0 Å². The van der Waals surface area contributed by atoms with Gasteiger partial charge in [0.25, 0.3) is 0 Å². The summed E-state index contributed by atoms with van der Waals surface area (Å²) in [6.45, 7) is 4.18. The highest BCUT2D eigenvalue weighted by Crippen LogP contribution is 2.56. The summed E-state index contributed by atoms with van der Waals surface area (Å²) in [5.74, 6) is 4.14. The van der Waals surface area contributed by atoms with E-state index in [1.54, 1.807) is 6.33 Å². The molecule has 0 radical (unpaired) electrons. The lowest BCUT2D eigenvalue weighted by molar-refractivity contribution is 0.0106. The molecule has 0 aliphatic heterocycles. The Kier molecular flexibility index (Phi) is 3.81. The summed E-state index contributed by atoms with van der Waals surface area (Å²) in [4.78, 5) is 8.92. The van der Waals surface area contributed by atoms with Crippen LogP contribution in [-0.2, 0) is 0 Å². The first-order chi connectivity index (χ1) is 13.0. The van der Waals surface area contributed by atoms with Crippen molar-refractivity contribution in [3.8, 4) is 0 Å². The Morgan fingerprint density at radius 1 is 0.963 bits per heavy atom. The van der Waals surface area contributed by atoms with E-state index in [2.05, 4.69) is 52.6 Å². The number of hydrogen-bond acceptors (Lipinski definition) is 5. The maximum atomic E-state index is 6.50. The van der Waals surface area contributed by atoms with Crippen LogP contribution in [0.1, 0.15) is 49.7 Å². The molecule has 1 aromatic heterocycles. The van der Waals surface area contributed by atoms with Gasteiger partial charge in [0.05, 0.1) is 0 Å². The number of nitrogens with two attached hydrogens (primary N) is 1. The average Bonchev–Trinajstić information content (AvgIpc) is 2.60. The van der Waals surface area contributed by atoms with Gasteiger partial charge in [-0.25, -0.2) is 9.97 Å². The molecule has 5 heteroatoms. The molecule has 5 nitrogen and oxygen atoms in total. The first kappa shape index (κ1) is 16.8. The van der Waals surface area contributed by atoms with Crippen molar-refractivity contribution in [1.29, 1.82) is 0 Å². The van der Waals surface area contributed by atoms with Gasteiger partial charge < -0.3 is 16.4 Å². The van der Waals surface area contributed by atoms with E-state index in [4.69, 9.17) is 5.73 Å². The highest BCUT2D eigenvalue weighted by atomic mass is 15.1. The molecular weight excluding hydrogens is 334 g/mol. The topological polar surface area (TPSA) is 75.9 Å². The average molecular weight is 364 g/mol. The second-order valence-corrected chi connectivity index (χ2v) is 9.25. The summed E-state index contributed by atoms with van der Waals surface area (Å²) in [6.07, 6.45) is 9.71. The Morgan fingerprint density at radius 2 is 1.59 bits per heavy atom. The van der Waals surface area contributed by atoms with E-state index in [0.717, 1.165) is 29.3 Å². The third-order valence-electron chi connectivity index (χ3n) is 6.95. The predicted octanol–water partition coefficient (Wildman–Crippen LogP) is 4.80. The van der Waals surface area contributed by atoms with Crippen LogP contribution in [0.5, 0.6) is 0 Å². The number of aromatic nitrogens is 2. The van der Waals surface area contributed by atoms with Gasteiger partial charge >= 0.3 is 0 Å². The number of anilines is 4. The summed E-state index contributed by atoms with van der Waals surface area (Å²) in [5, 5.41) is 7.20. The van der Waals surface area contributed by atoms with Crippen LogP contribution in [0.3, 0.4) is 0 Å². The van der Waals surface area contributed by atoms with Crippen molar-refractivity contribution in [2.45, 2.75) is 57.9 Å². The minimum absolute atomic E-state index is 0.188. The number of nitrogens with zero attached hydrogens (tertiary/aromatic N) is 2. The summed E-state index contributed by atoms with van der Waals surface area (Å²) < 4.78 is 0. The lowest BCUT2D eigenvalue weighted by Gasteiger charge is -2.57. The molecule has 1 aromatic carbocycles. The van der Waals surface area contributed by atoms with Crippen LogP contribution in [-0.4, -0.2) is 15.5 Å². The summed E-state index contributed by atoms with van der Waals surface area (Å²) in [7, 11) is 0. The zero-order chi connectivity index (χ0) is 18.6. The van der Waals surface area contributed by atoms with Gasteiger partial charge in [-0.2, -0.15) is 0 Å². The molecule has 0 atom stereocenters. The van der Waals surface area contributed by atoms with Crippen LogP contribution >= 0.6 is 0 Å². The SMILES string of the molecule is Cc1ccc(C)c(Nc2ncnc(NC34CC5CC(CC(C5)C3)C4)c2N)c1. The van der Waals surface area contributed by atoms with E-state index in [1.165, 1.54) is 49.7 Å². The van der Waals surface area contributed by atoms with E-state index in [1.807, 2.05) is 0 Å². The molecule has 0 saturated heterocycles. The highest BCUT2D eigenvalue weighted by Gasteiger charge is 2.51. The molecule has 4 saturated carbocycles. The third-order valence-corrected chi connectivity index (χ3v) is 6.95. The van der Waals surface area contributed by atoms with Gasteiger partial charge in [0.2, 0.25) is 0 Å². The van der Waals surface area contributed by atoms with Crippen LogP contribution in [0.15, 0.2) is 24.5 Å². The molecule has 27 heavy (non-hydrogen) atoms. The Bertz CT molecular complexity index is 840. The fourth-order valence-electron chi connectivity index (χ4n) is 6.11. The van der Waals surface area contributed by atoms with E-state index in [-0.39, 0.29) is 5.54 Å². The molecule has 6 rings (SSSR count). The van der Waals surface area contributed by atoms with E-state index in [0.29, 0.717) is 11.5 Å². The van der Waals surface area contributed by atoms with Gasteiger partial charge in [0.15, 0.2) is 11.6 Å². The van der Waals surface area contributed by atoms with Crippen LogP contribution in [0, 0.1) is 31.6 Å². The normalized spacial score (nSPS) is 31.1. The van der Waals surface area contributed by atoms with Crippen LogP contribution in [0.2, 0.25) is 0 Å². The number of rotatable bonds is 4. The van der Waals surface area contributed by atoms with Crippen molar-refractivity contribution < 1.29 is 0 Å². The van der Waals surface area contributed by atoms with Crippen molar-refractivity contribution in [3.63, 3.8) is 0 Å². The summed E-state index contributed by atoms with van der Waals surface area (Å²) >= 11 is 0. The first-order valence-corrected chi connectivity index (χ1v) is 10.2. The van der Waals surface area contributed by atoms with Crippen LogP contribution < -0.4 is 16.4 Å². The minimum Gasteiger partial charge on any atom is -0.393 e. The fourth-order valence-corrected chi connectivity index (χ4v) is 6.11. The predicted molar refractivity (Wildman–Crippen MR) is 110 cm³/mol. The Hall–Kier alpha value is -2.30. The molecule has 0 spiro atoms. The number of benzene rings is 1. The Labute approximate surface area is 161 Å². The van der Waals surface area contributed by atoms with Crippen molar-refractivity contribution in [1.82, 2.24) is 9.97 Å². The van der Waals surface area contributed by atoms with Gasteiger partial charge in [-0.05, 0) is 87.3 Å². The van der Waals surface area contributed by atoms with E-state index in [9.17, 15) is 0 Å². The maximum absolute atomic E-state index is 6.50. The Balaban J connectivity index is 1.41. The smallest absolute Gasteiger partial charge is 0.159 e. The second kappa shape index (κ2) is 6.11. The summed E-state index contributed by atoms with van der Waals surface area (Å²) in [6, 6.07) is 6.36. The molecular formula is C22H29N5. The van der Waals surface area contributed by atoms with Gasteiger partial charge in [0, 0.05) is 11.2 Å². The quantitative estimate of drug-likeness (QED) is 0.727. The largest absolute Gasteiger partial charge is 0.393 e. The Morgan fingerprint density at radius 3 is 2.26 bits per heavy atom. The molecule has 1 heterocycles. The van der Waals surface area contributed by atoms with Gasteiger partial charge in [-0.15, -0.1) is 0 Å². The number of hydrogen-bond donors (Lipinski definition) is 3. The van der Waals surface area contributed by atoms with Gasteiger partial charge in [-0.3, -0.25) is 0 Å². The van der Waals surface area contributed by atoms with E-state index < -0.39 is 0 Å². The zero-order valence-corrected chi connectivity index (χ0v) is 16.3. The molecule has 4 N–H and O–H groups in total. The van der Waals surface area contributed by atoms with Crippen molar-refractivity contribution in [3.05, 3.63) is 35.7 Å². The molecule has 142 valence electrons. The lowest BCUT2D eigenvalue weighted by atomic mass is 9.53. The van der Waals surface area contributed by atoms with Crippen molar-refractivity contribution in [2.24, 2.45) is 17.8 Å². The molecule has 2 aromatic rings. The molecule has 4 fully saturated rings. The monoisotopic (exact) mass is 363 g/mol. The maximum Gasteiger partial charge on any atom is 0.159 e. The molecule has 4 aliphatic carbocycles. The van der Waals surface area contributed by atoms with Gasteiger partial charge in [-0.1, -0.05) is 12.1 Å². The second-order valence-electron chi connectivity index (χ2n) is 9.25. The molecule has 0 amide bonds. The number of nitrogens with one attached hydrogen (secondary N) is 2. The lowest BCUT2D eigenvalue weighted by Crippen LogP contribution is -2.55. The minimum atomic E-state index is 0.188. The number of aryl methyl sites for hydroxylation is 2. The highest BCUT2D eigenvalue weighted by molar-refractivity contribution is 5.78. The molecule has 4 aliphatic rings. The number of nitrogen functional groups attached to an aromatic ring is 1. The van der Waals surface area contributed by atoms with Crippen LogP contribution in [0.4, 0.5) is 23.0 Å². The fraction of sp³-hybridized carbons (Fsp3) is 0.545. The molecule has 4 bridgehead atoms. The first-order valence-electron chi connectivity index (χ1n) is 10.2. The van der Waals surface area contributed by atoms with Crippen molar-refractivity contribution in [2.75, 3.05) is 16.4 Å². The summed E-state index contributed by atoms with van der Waals surface area (Å²) in [5.41, 5.74) is 10.7. The third kappa shape index (κ3) is 3.03. The molecule has 0 unspecified atom stereocenters.